The minimum absolute atomic E-state index is 0.120. The molecular weight excluding hydrogens is 490 g/mol. The predicted molar refractivity (Wildman–Crippen MR) is 151 cm³/mol. The highest BCUT2D eigenvalue weighted by atomic mass is 16.5. The molecule has 0 bridgehead atoms. The molecule has 6 rings (SSSR count). The number of aromatic amines is 1. The van der Waals surface area contributed by atoms with Gasteiger partial charge in [-0.25, -0.2) is 4.68 Å². The van der Waals surface area contributed by atoms with Gasteiger partial charge in [-0.1, -0.05) is 42.5 Å². The molecule has 1 atom stereocenters. The van der Waals surface area contributed by atoms with Crippen molar-refractivity contribution < 1.29 is 4.74 Å². The molecule has 0 aliphatic carbocycles. The fourth-order valence-corrected chi connectivity index (χ4v) is 5.34. The summed E-state index contributed by atoms with van der Waals surface area (Å²) in [6, 6.07) is 26.0. The Labute approximate surface area is 226 Å². The van der Waals surface area contributed by atoms with Crippen molar-refractivity contribution in [3.05, 3.63) is 112 Å². The van der Waals surface area contributed by atoms with Gasteiger partial charge in [0.25, 0.3) is 5.56 Å². The fourth-order valence-electron chi connectivity index (χ4n) is 5.34. The van der Waals surface area contributed by atoms with E-state index in [-0.39, 0.29) is 5.56 Å². The van der Waals surface area contributed by atoms with Crippen LogP contribution in [-0.4, -0.2) is 63.4 Å². The molecule has 3 heterocycles. The summed E-state index contributed by atoms with van der Waals surface area (Å²) in [5, 5.41) is 13.8. The van der Waals surface area contributed by atoms with Crippen LogP contribution in [0, 0.1) is 6.92 Å². The second-order valence-electron chi connectivity index (χ2n) is 9.95. The molecule has 1 aliphatic heterocycles. The minimum atomic E-state index is -0.392. The van der Waals surface area contributed by atoms with Crippen LogP contribution in [0.2, 0.25) is 0 Å². The molecule has 9 nitrogen and oxygen atoms in total. The quantitative estimate of drug-likeness (QED) is 0.348. The maximum atomic E-state index is 13.6. The van der Waals surface area contributed by atoms with Gasteiger partial charge in [0, 0.05) is 42.9 Å². The minimum Gasteiger partial charge on any atom is -0.497 e. The maximum absolute atomic E-state index is 13.6. The summed E-state index contributed by atoms with van der Waals surface area (Å²) in [6.45, 7) is 5.67. The number of rotatable bonds is 7. The van der Waals surface area contributed by atoms with Gasteiger partial charge in [-0.2, -0.15) is 0 Å². The maximum Gasteiger partial charge on any atom is 0.253 e. The number of pyridine rings is 1. The van der Waals surface area contributed by atoms with E-state index in [1.165, 1.54) is 0 Å². The Hall–Kier alpha value is -4.50. The van der Waals surface area contributed by atoms with E-state index in [0.717, 1.165) is 59.6 Å². The smallest absolute Gasteiger partial charge is 0.253 e. The summed E-state index contributed by atoms with van der Waals surface area (Å²) >= 11 is 0. The lowest BCUT2D eigenvalue weighted by Gasteiger charge is -2.39. The average Bonchev–Trinajstić information content (AvgIpc) is 3.42. The van der Waals surface area contributed by atoms with Crippen LogP contribution in [0.5, 0.6) is 5.75 Å². The van der Waals surface area contributed by atoms with Crippen molar-refractivity contribution in [3.8, 4) is 5.75 Å². The monoisotopic (exact) mass is 521 g/mol. The Kier molecular flexibility index (Phi) is 6.81. The van der Waals surface area contributed by atoms with Crippen LogP contribution in [0.3, 0.4) is 0 Å². The number of nitrogens with one attached hydrogen (secondary N) is 1. The third kappa shape index (κ3) is 5.13. The topological polar surface area (TPSA) is 92.2 Å². The molecule has 1 N–H and O–H groups in total. The highest BCUT2D eigenvalue weighted by molar-refractivity contribution is 5.79. The van der Waals surface area contributed by atoms with E-state index < -0.39 is 6.04 Å². The third-order valence-corrected chi connectivity index (χ3v) is 7.42. The number of nitrogens with zero attached hydrogens (tertiary/aromatic N) is 6. The molecule has 0 spiro atoms. The summed E-state index contributed by atoms with van der Waals surface area (Å²) in [4.78, 5) is 21.3. The molecule has 3 aromatic carbocycles. The first kappa shape index (κ1) is 24.8. The molecule has 2 aromatic heterocycles. The van der Waals surface area contributed by atoms with Crippen molar-refractivity contribution in [2.45, 2.75) is 19.5 Å². The van der Waals surface area contributed by atoms with E-state index >= 15 is 0 Å². The number of fused-ring (bicyclic) bond motifs is 1. The van der Waals surface area contributed by atoms with Crippen LogP contribution in [0.1, 0.15) is 28.6 Å². The molecule has 0 saturated carbocycles. The zero-order chi connectivity index (χ0) is 26.8. The highest BCUT2D eigenvalue weighted by Crippen LogP contribution is 2.29. The first-order valence-corrected chi connectivity index (χ1v) is 13.2. The fraction of sp³-hybridized carbons (Fsp3) is 0.267. The second kappa shape index (κ2) is 10.7. The van der Waals surface area contributed by atoms with E-state index in [9.17, 15) is 4.79 Å². The SMILES string of the molecule is COc1ccc(N2CCN([C@@H](c3cc4ccc(C)cc4[nH]c3=O)c3nnnn3Cc3ccccc3)CC2)cc1. The lowest BCUT2D eigenvalue weighted by atomic mass is 10.0. The van der Waals surface area contributed by atoms with Gasteiger partial charge in [0.1, 0.15) is 11.8 Å². The van der Waals surface area contributed by atoms with Gasteiger partial charge in [0.05, 0.1) is 13.7 Å². The molecule has 198 valence electrons. The number of H-pyrrole nitrogens is 1. The standard InChI is InChI=1S/C30H31N7O2/c1-21-8-9-23-19-26(30(38)31-27(23)18-21)28(29-32-33-34-37(29)20-22-6-4-3-5-7-22)36-16-14-35(15-17-36)24-10-12-25(39-2)13-11-24/h3-13,18-19,28H,14-17,20H2,1-2H3,(H,31,38)/t28-/m0/s1. The predicted octanol–water partition coefficient (Wildman–Crippen LogP) is 3.79. The highest BCUT2D eigenvalue weighted by Gasteiger charge is 2.32. The Bertz CT molecular complexity index is 1620. The average molecular weight is 522 g/mol. The van der Waals surface area contributed by atoms with E-state index in [1.54, 1.807) is 7.11 Å². The largest absolute Gasteiger partial charge is 0.497 e. The lowest BCUT2D eigenvalue weighted by Crippen LogP contribution is -2.49. The number of tetrazole rings is 1. The van der Waals surface area contributed by atoms with Crippen molar-refractivity contribution in [1.29, 1.82) is 0 Å². The molecule has 0 unspecified atom stereocenters. The number of benzene rings is 3. The van der Waals surface area contributed by atoms with E-state index in [2.05, 4.69) is 66.7 Å². The Balaban J connectivity index is 1.36. The van der Waals surface area contributed by atoms with Crippen LogP contribution in [0.25, 0.3) is 10.9 Å². The zero-order valence-corrected chi connectivity index (χ0v) is 22.1. The number of hydrogen-bond acceptors (Lipinski definition) is 7. The van der Waals surface area contributed by atoms with E-state index in [4.69, 9.17) is 4.74 Å². The number of methoxy groups -OCH3 is 1. The van der Waals surface area contributed by atoms with Crippen molar-refractivity contribution >= 4 is 16.6 Å². The number of anilines is 1. The van der Waals surface area contributed by atoms with Gasteiger partial charge < -0.3 is 14.6 Å². The number of piperazine rings is 1. The van der Waals surface area contributed by atoms with Gasteiger partial charge >= 0.3 is 0 Å². The van der Waals surface area contributed by atoms with Crippen LogP contribution in [0.15, 0.2) is 83.7 Å². The second-order valence-corrected chi connectivity index (χ2v) is 9.95. The molecule has 0 radical (unpaired) electrons. The van der Waals surface area contributed by atoms with Gasteiger partial charge in [0.15, 0.2) is 5.82 Å². The lowest BCUT2D eigenvalue weighted by molar-refractivity contribution is 0.200. The molecule has 0 amide bonds. The summed E-state index contributed by atoms with van der Waals surface area (Å²) in [5.74, 6) is 1.50. The van der Waals surface area contributed by atoms with Crippen molar-refractivity contribution in [2.24, 2.45) is 0 Å². The van der Waals surface area contributed by atoms with Gasteiger partial charge in [-0.05, 0) is 70.3 Å². The third-order valence-electron chi connectivity index (χ3n) is 7.42. The van der Waals surface area contributed by atoms with Crippen molar-refractivity contribution in [1.82, 2.24) is 30.1 Å². The van der Waals surface area contributed by atoms with Gasteiger partial charge in [-0.3, -0.25) is 9.69 Å². The van der Waals surface area contributed by atoms with Crippen LogP contribution < -0.4 is 15.2 Å². The van der Waals surface area contributed by atoms with Gasteiger partial charge in [0.2, 0.25) is 0 Å². The Morgan fingerprint density at radius 1 is 0.949 bits per heavy atom. The van der Waals surface area contributed by atoms with Crippen molar-refractivity contribution in [3.63, 3.8) is 0 Å². The van der Waals surface area contributed by atoms with Gasteiger partial charge in [-0.15, -0.1) is 5.10 Å². The van der Waals surface area contributed by atoms with Crippen LogP contribution in [-0.2, 0) is 6.54 Å². The number of ether oxygens (including phenoxy) is 1. The first-order chi connectivity index (χ1) is 19.1. The first-order valence-electron chi connectivity index (χ1n) is 13.2. The number of hydrogen-bond donors (Lipinski definition) is 1. The molecule has 9 heteroatoms. The summed E-state index contributed by atoms with van der Waals surface area (Å²) < 4.78 is 7.13. The van der Waals surface area contributed by atoms with E-state index in [0.29, 0.717) is 17.9 Å². The molecule has 39 heavy (non-hydrogen) atoms. The van der Waals surface area contributed by atoms with Crippen molar-refractivity contribution in [2.75, 3.05) is 38.2 Å². The summed E-state index contributed by atoms with van der Waals surface area (Å²) in [5.41, 5.74) is 4.70. The summed E-state index contributed by atoms with van der Waals surface area (Å²) in [6.07, 6.45) is 0. The zero-order valence-electron chi connectivity index (χ0n) is 22.1. The Morgan fingerprint density at radius 2 is 1.72 bits per heavy atom. The molecule has 5 aromatic rings. The van der Waals surface area contributed by atoms with Crippen LogP contribution in [0.4, 0.5) is 5.69 Å². The summed E-state index contributed by atoms with van der Waals surface area (Å²) in [7, 11) is 1.68. The molecule has 1 fully saturated rings. The van der Waals surface area contributed by atoms with E-state index in [1.807, 2.05) is 54.1 Å². The number of aromatic nitrogens is 5. The normalized spacial score (nSPS) is 15.0. The molecule has 1 saturated heterocycles. The molecular formula is C30H31N7O2. The van der Waals surface area contributed by atoms with Crippen LogP contribution >= 0.6 is 0 Å². The Morgan fingerprint density at radius 3 is 2.46 bits per heavy atom. The number of aryl methyl sites for hydroxylation is 1. The molecule has 1 aliphatic rings.